The average Bonchev–Trinajstić information content (AvgIpc) is 3.18. The maximum absolute atomic E-state index is 12.7. The minimum atomic E-state index is 0.117. The molecule has 1 aliphatic heterocycles. The topological polar surface area (TPSA) is 49.3 Å². The molecular formula is C21H21ClN4OS. The van der Waals surface area contributed by atoms with Crippen LogP contribution in [0.15, 0.2) is 48.5 Å². The molecular weight excluding hydrogens is 392 g/mol. The molecule has 2 heterocycles. The van der Waals surface area contributed by atoms with Crippen LogP contribution in [0.1, 0.15) is 22.5 Å². The molecule has 1 amide bonds. The quantitative estimate of drug-likeness (QED) is 0.639. The van der Waals surface area contributed by atoms with E-state index in [4.69, 9.17) is 11.6 Å². The number of anilines is 1. The lowest BCUT2D eigenvalue weighted by Crippen LogP contribution is -2.41. The van der Waals surface area contributed by atoms with Gasteiger partial charge in [-0.2, -0.15) is 4.37 Å². The number of hydrogen-bond acceptors (Lipinski definition) is 5. The first-order chi connectivity index (χ1) is 13.6. The molecule has 0 fully saturated rings. The third kappa shape index (κ3) is 4.34. The van der Waals surface area contributed by atoms with Gasteiger partial charge < -0.3 is 9.80 Å². The number of aromatic nitrogens is 2. The van der Waals surface area contributed by atoms with Gasteiger partial charge in [-0.1, -0.05) is 48.0 Å². The highest BCUT2D eigenvalue weighted by Crippen LogP contribution is 2.21. The number of amides is 1. The van der Waals surface area contributed by atoms with Gasteiger partial charge in [0.05, 0.1) is 6.54 Å². The Morgan fingerprint density at radius 1 is 1.18 bits per heavy atom. The van der Waals surface area contributed by atoms with E-state index in [0.29, 0.717) is 24.5 Å². The van der Waals surface area contributed by atoms with Crippen LogP contribution in [0, 0.1) is 0 Å². The normalized spacial score (nSPS) is 13.3. The Labute approximate surface area is 173 Å². The number of hydrogen-bond donors (Lipinski definition) is 0. The van der Waals surface area contributed by atoms with Crippen molar-refractivity contribution in [2.75, 3.05) is 25.0 Å². The highest BCUT2D eigenvalue weighted by Gasteiger charge is 2.22. The third-order valence-electron chi connectivity index (χ3n) is 4.92. The molecule has 0 radical (unpaired) electrons. The first kappa shape index (κ1) is 18.9. The molecule has 2 aromatic carbocycles. The molecule has 0 spiro atoms. The minimum absolute atomic E-state index is 0.117. The van der Waals surface area contributed by atoms with Crippen LogP contribution < -0.4 is 4.90 Å². The van der Waals surface area contributed by atoms with E-state index in [2.05, 4.69) is 27.6 Å². The fraction of sp³-hybridized carbons (Fsp3) is 0.286. The number of likely N-dealkylation sites (N-methyl/N-ethyl adjacent to an activating group) is 1. The predicted octanol–water partition coefficient (Wildman–Crippen LogP) is 3.80. The average molecular weight is 413 g/mol. The second-order valence-corrected chi connectivity index (χ2v) is 8.15. The number of fused-ring (bicyclic) bond motifs is 1. The van der Waals surface area contributed by atoms with E-state index in [1.165, 1.54) is 22.7 Å². The molecule has 5 nitrogen and oxygen atoms in total. The molecule has 0 saturated carbocycles. The largest absolute Gasteiger partial charge is 0.341 e. The van der Waals surface area contributed by atoms with Crippen molar-refractivity contribution in [2.45, 2.75) is 19.4 Å². The minimum Gasteiger partial charge on any atom is -0.341 e. The molecule has 1 aliphatic rings. The third-order valence-corrected chi connectivity index (χ3v) is 6.04. The standard InChI is InChI=1S/C21H21ClN4OS/c1-25(14-20(27)26-11-10-16-4-2-3-5-17(16)13-26)21-23-19(24-28-21)12-15-6-8-18(22)9-7-15/h2-9H,10-14H2,1H3. The fourth-order valence-corrected chi connectivity index (χ4v) is 4.10. The van der Waals surface area contributed by atoms with Crippen LogP contribution in [-0.2, 0) is 24.2 Å². The van der Waals surface area contributed by atoms with Gasteiger partial charge in [-0.3, -0.25) is 4.79 Å². The van der Waals surface area contributed by atoms with Crippen LogP contribution >= 0.6 is 23.1 Å². The molecule has 28 heavy (non-hydrogen) atoms. The summed E-state index contributed by atoms with van der Waals surface area (Å²) in [5, 5.41) is 1.48. The predicted molar refractivity (Wildman–Crippen MR) is 113 cm³/mol. The van der Waals surface area contributed by atoms with Crippen LogP contribution in [-0.4, -0.2) is 40.3 Å². The van der Waals surface area contributed by atoms with Gasteiger partial charge in [0, 0.05) is 43.1 Å². The van der Waals surface area contributed by atoms with Crippen molar-refractivity contribution in [3.05, 3.63) is 76.1 Å². The van der Waals surface area contributed by atoms with E-state index in [1.54, 1.807) is 0 Å². The molecule has 1 aromatic heterocycles. The number of carbonyl (C=O) groups excluding carboxylic acids is 1. The van der Waals surface area contributed by atoms with Crippen LogP contribution in [0.5, 0.6) is 0 Å². The van der Waals surface area contributed by atoms with Crippen LogP contribution in [0.3, 0.4) is 0 Å². The number of rotatable bonds is 5. The lowest BCUT2D eigenvalue weighted by Gasteiger charge is -2.30. The molecule has 144 valence electrons. The van der Waals surface area contributed by atoms with Gasteiger partial charge in [0.25, 0.3) is 0 Å². The van der Waals surface area contributed by atoms with Crippen molar-refractivity contribution in [1.82, 2.24) is 14.3 Å². The zero-order valence-corrected chi connectivity index (χ0v) is 17.2. The summed E-state index contributed by atoms with van der Waals surface area (Å²) in [4.78, 5) is 21.1. The van der Waals surface area contributed by atoms with Crippen LogP contribution in [0.4, 0.5) is 5.13 Å². The first-order valence-corrected chi connectivity index (χ1v) is 10.4. The maximum Gasteiger partial charge on any atom is 0.242 e. The summed E-state index contributed by atoms with van der Waals surface area (Å²) in [5.74, 6) is 0.875. The van der Waals surface area contributed by atoms with Crippen molar-refractivity contribution in [3.63, 3.8) is 0 Å². The molecule has 0 aliphatic carbocycles. The first-order valence-electron chi connectivity index (χ1n) is 9.21. The van der Waals surface area contributed by atoms with E-state index in [-0.39, 0.29) is 5.91 Å². The van der Waals surface area contributed by atoms with E-state index >= 15 is 0 Å². The Morgan fingerprint density at radius 2 is 1.93 bits per heavy atom. The van der Waals surface area contributed by atoms with Crippen molar-refractivity contribution < 1.29 is 4.79 Å². The van der Waals surface area contributed by atoms with Gasteiger partial charge in [0.1, 0.15) is 5.82 Å². The van der Waals surface area contributed by atoms with Gasteiger partial charge in [-0.25, -0.2) is 4.98 Å². The van der Waals surface area contributed by atoms with Gasteiger partial charge in [-0.15, -0.1) is 0 Å². The molecule has 0 N–H and O–H groups in total. The van der Waals surface area contributed by atoms with E-state index in [1.807, 2.05) is 47.2 Å². The summed E-state index contributed by atoms with van der Waals surface area (Å²) in [6.07, 6.45) is 1.56. The summed E-state index contributed by atoms with van der Waals surface area (Å²) < 4.78 is 4.44. The van der Waals surface area contributed by atoms with Gasteiger partial charge in [0.2, 0.25) is 11.0 Å². The zero-order valence-electron chi connectivity index (χ0n) is 15.6. The summed E-state index contributed by atoms with van der Waals surface area (Å²) >= 11 is 7.25. The van der Waals surface area contributed by atoms with Crippen LogP contribution in [0.2, 0.25) is 5.02 Å². The van der Waals surface area contributed by atoms with Crippen molar-refractivity contribution in [3.8, 4) is 0 Å². The Morgan fingerprint density at radius 3 is 2.71 bits per heavy atom. The van der Waals surface area contributed by atoms with E-state index < -0.39 is 0 Å². The highest BCUT2D eigenvalue weighted by atomic mass is 35.5. The monoisotopic (exact) mass is 412 g/mol. The highest BCUT2D eigenvalue weighted by molar-refractivity contribution is 7.09. The Balaban J connectivity index is 1.36. The molecule has 0 saturated heterocycles. The number of carbonyl (C=O) groups is 1. The smallest absolute Gasteiger partial charge is 0.242 e. The van der Waals surface area contributed by atoms with Gasteiger partial charge >= 0.3 is 0 Å². The maximum atomic E-state index is 12.7. The number of nitrogens with zero attached hydrogens (tertiary/aromatic N) is 4. The molecule has 3 aromatic rings. The zero-order chi connectivity index (χ0) is 19.5. The Hall–Kier alpha value is -2.44. The SMILES string of the molecule is CN(CC(=O)N1CCc2ccccc2C1)c1nc(Cc2ccc(Cl)cc2)ns1. The second-order valence-electron chi connectivity index (χ2n) is 6.99. The summed E-state index contributed by atoms with van der Waals surface area (Å²) in [6, 6.07) is 16.0. The van der Waals surface area contributed by atoms with Gasteiger partial charge in [-0.05, 0) is 35.2 Å². The van der Waals surface area contributed by atoms with Crippen molar-refractivity contribution in [1.29, 1.82) is 0 Å². The van der Waals surface area contributed by atoms with E-state index in [9.17, 15) is 4.79 Å². The second kappa shape index (κ2) is 8.29. The lowest BCUT2D eigenvalue weighted by atomic mass is 10.00. The number of benzene rings is 2. The molecule has 7 heteroatoms. The van der Waals surface area contributed by atoms with E-state index in [0.717, 1.165) is 29.5 Å². The number of halogens is 1. The summed E-state index contributed by atoms with van der Waals surface area (Å²) in [6.45, 7) is 1.75. The molecule has 0 unspecified atom stereocenters. The summed E-state index contributed by atoms with van der Waals surface area (Å²) in [7, 11) is 1.89. The van der Waals surface area contributed by atoms with Gasteiger partial charge in [0.15, 0.2) is 0 Å². The molecule has 4 rings (SSSR count). The fourth-order valence-electron chi connectivity index (χ4n) is 3.34. The van der Waals surface area contributed by atoms with Crippen molar-refractivity contribution in [2.24, 2.45) is 0 Å². The molecule has 0 atom stereocenters. The Bertz CT molecular complexity index is 973. The summed E-state index contributed by atoms with van der Waals surface area (Å²) in [5.41, 5.74) is 3.70. The molecule has 0 bridgehead atoms. The lowest BCUT2D eigenvalue weighted by molar-refractivity contribution is -0.130. The van der Waals surface area contributed by atoms with Crippen LogP contribution in [0.25, 0.3) is 0 Å². The Kier molecular flexibility index (Phi) is 5.59. The van der Waals surface area contributed by atoms with Crippen molar-refractivity contribution >= 4 is 34.2 Å².